The quantitative estimate of drug-likeness (QED) is 0.0222. The van der Waals surface area contributed by atoms with Crippen LogP contribution in [0.15, 0.2) is 0 Å². The van der Waals surface area contributed by atoms with Crippen LogP contribution in [0, 0.1) is 23.7 Å². The number of aliphatic hydroxyl groups excluding tert-OH is 1. The van der Waals surface area contributed by atoms with Gasteiger partial charge in [-0.15, -0.1) is 0 Å². The summed E-state index contributed by atoms with van der Waals surface area (Å²) in [6.07, 6.45) is 37.7. The molecule has 0 spiro atoms. The Morgan fingerprint density at radius 1 is 0.326 bits per heavy atom. The van der Waals surface area contributed by atoms with Crippen LogP contribution in [0.5, 0.6) is 0 Å². The fourth-order valence-corrected chi connectivity index (χ4v) is 11.5. The first-order valence-electron chi connectivity index (χ1n) is 34.7. The van der Waals surface area contributed by atoms with Gasteiger partial charge in [-0.2, -0.15) is 0 Å². The van der Waals surface area contributed by atoms with E-state index in [0.717, 1.165) is 114 Å². The Morgan fingerprint density at radius 3 is 0.826 bits per heavy atom. The second-order valence-corrected chi connectivity index (χ2v) is 28.8. The van der Waals surface area contributed by atoms with Crippen LogP contribution in [0.4, 0.5) is 0 Å². The maximum absolute atomic E-state index is 13.0. The number of esters is 4. The first-order chi connectivity index (χ1) is 41.1. The van der Waals surface area contributed by atoms with Gasteiger partial charge in [-0.25, -0.2) is 9.13 Å². The summed E-state index contributed by atoms with van der Waals surface area (Å²) >= 11 is 0. The van der Waals surface area contributed by atoms with Gasteiger partial charge in [0.05, 0.1) is 26.4 Å². The van der Waals surface area contributed by atoms with Crippen molar-refractivity contribution in [2.24, 2.45) is 23.7 Å². The number of unbranched alkanes of at least 4 members (excludes halogenated alkanes) is 29. The number of carbonyl (C=O) groups is 4. The molecular weight excluding hydrogens is 1140 g/mol. The van der Waals surface area contributed by atoms with E-state index >= 15 is 0 Å². The number of rotatable bonds is 64. The summed E-state index contributed by atoms with van der Waals surface area (Å²) in [4.78, 5) is 72.4. The molecule has 17 nitrogen and oxygen atoms in total. The molecule has 510 valence electrons. The molecule has 19 heteroatoms. The van der Waals surface area contributed by atoms with E-state index in [2.05, 4.69) is 55.4 Å². The average Bonchev–Trinajstić information content (AvgIpc) is 3.53. The first-order valence-corrected chi connectivity index (χ1v) is 37.7. The Bertz CT molecular complexity index is 1720. The maximum atomic E-state index is 13.0. The van der Waals surface area contributed by atoms with E-state index < -0.39 is 97.5 Å². The van der Waals surface area contributed by atoms with Gasteiger partial charge in [0.25, 0.3) is 0 Å². The lowest BCUT2D eigenvalue weighted by atomic mass is 10.00. The summed E-state index contributed by atoms with van der Waals surface area (Å²) in [6, 6.07) is 0. The lowest BCUT2D eigenvalue weighted by molar-refractivity contribution is -0.161. The second kappa shape index (κ2) is 57.0. The van der Waals surface area contributed by atoms with Gasteiger partial charge >= 0.3 is 39.5 Å². The molecule has 86 heavy (non-hydrogen) atoms. The lowest BCUT2D eigenvalue weighted by Gasteiger charge is -2.21. The zero-order chi connectivity index (χ0) is 63.9. The molecule has 0 amide bonds. The summed E-state index contributed by atoms with van der Waals surface area (Å²) in [6.45, 7) is 14.0. The smallest absolute Gasteiger partial charge is 0.462 e. The molecule has 0 radical (unpaired) electrons. The molecule has 0 saturated heterocycles. The van der Waals surface area contributed by atoms with Gasteiger partial charge in [-0.3, -0.25) is 37.3 Å². The van der Waals surface area contributed by atoms with Gasteiger partial charge in [-0.05, 0) is 49.4 Å². The van der Waals surface area contributed by atoms with E-state index in [0.29, 0.717) is 31.6 Å². The number of hydrogen-bond donors (Lipinski definition) is 3. The summed E-state index contributed by atoms with van der Waals surface area (Å²) in [5.41, 5.74) is 0. The Labute approximate surface area is 524 Å². The van der Waals surface area contributed by atoms with Gasteiger partial charge < -0.3 is 33.8 Å². The molecule has 0 aromatic heterocycles. The number of ether oxygens (including phenoxy) is 4. The number of phosphoric ester groups is 2. The van der Waals surface area contributed by atoms with Crippen molar-refractivity contribution < 1.29 is 80.2 Å². The highest BCUT2D eigenvalue weighted by atomic mass is 31.2. The van der Waals surface area contributed by atoms with E-state index in [4.69, 9.17) is 37.0 Å². The number of carbonyl (C=O) groups excluding carboxylic acids is 4. The van der Waals surface area contributed by atoms with Crippen molar-refractivity contribution in [3.05, 3.63) is 0 Å². The van der Waals surface area contributed by atoms with Crippen molar-refractivity contribution in [3.8, 4) is 0 Å². The van der Waals surface area contributed by atoms with E-state index in [1.165, 1.54) is 122 Å². The normalized spacial score (nSPS) is 14.7. The summed E-state index contributed by atoms with van der Waals surface area (Å²) in [7, 11) is -9.90. The first kappa shape index (κ1) is 84.1. The third-order valence-electron chi connectivity index (χ3n) is 15.7. The Hall–Kier alpha value is -1.94. The Morgan fingerprint density at radius 2 is 0.558 bits per heavy atom. The second-order valence-electron chi connectivity index (χ2n) is 25.9. The highest BCUT2D eigenvalue weighted by Gasteiger charge is 2.30. The van der Waals surface area contributed by atoms with Crippen LogP contribution in [0.2, 0.25) is 0 Å². The molecule has 6 atom stereocenters. The van der Waals surface area contributed by atoms with Crippen LogP contribution in [0.1, 0.15) is 325 Å². The van der Waals surface area contributed by atoms with E-state index in [1.807, 2.05) is 0 Å². The predicted molar refractivity (Wildman–Crippen MR) is 344 cm³/mol. The molecule has 3 N–H and O–H groups in total. The van der Waals surface area contributed by atoms with Crippen LogP contribution in [-0.2, 0) is 65.4 Å². The van der Waals surface area contributed by atoms with Gasteiger partial charge in [0, 0.05) is 25.7 Å². The van der Waals surface area contributed by atoms with Crippen molar-refractivity contribution >= 4 is 39.5 Å². The largest absolute Gasteiger partial charge is 0.472 e. The minimum atomic E-state index is -4.95. The average molecular weight is 1270 g/mol. The monoisotopic (exact) mass is 1270 g/mol. The molecule has 0 rings (SSSR count). The van der Waals surface area contributed by atoms with Gasteiger partial charge in [-0.1, -0.05) is 274 Å². The number of aliphatic hydroxyl groups is 1. The SMILES string of the molecule is CCC(C)CCCCCCCCC(=O)OC[C@H](COP(=O)(O)OC[C@H](O)COP(=O)(O)OC[C@@H](COC(=O)CCCCCCCCCCCCC(C)C)OC(=O)CCCCCCCCCCCCC(C)C)OC(=O)CCCCCCCCCC(C)C. The van der Waals surface area contributed by atoms with Crippen LogP contribution in [-0.4, -0.2) is 96.7 Å². The maximum Gasteiger partial charge on any atom is 0.472 e. The summed E-state index contributed by atoms with van der Waals surface area (Å²) < 4.78 is 68.1. The molecule has 0 bridgehead atoms. The summed E-state index contributed by atoms with van der Waals surface area (Å²) in [5.74, 6) is 0.801. The molecule has 0 aromatic carbocycles. The minimum Gasteiger partial charge on any atom is -0.462 e. The summed E-state index contributed by atoms with van der Waals surface area (Å²) in [5, 5.41) is 10.6. The molecule has 0 aliphatic carbocycles. The van der Waals surface area contributed by atoms with Crippen molar-refractivity contribution in [1.82, 2.24) is 0 Å². The van der Waals surface area contributed by atoms with Gasteiger partial charge in [0.2, 0.25) is 0 Å². The van der Waals surface area contributed by atoms with Gasteiger partial charge in [0.15, 0.2) is 12.2 Å². The lowest BCUT2D eigenvalue weighted by Crippen LogP contribution is -2.30. The minimum absolute atomic E-state index is 0.102. The molecule has 0 aliphatic rings. The van der Waals surface area contributed by atoms with Crippen molar-refractivity contribution in [1.29, 1.82) is 0 Å². The molecule has 0 fully saturated rings. The fourth-order valence-electron chi connectivity index (χ4n) is 9.93. The number of phosphoric acid groups is 2. The van der Waals surface area contributed by atoms with E-state index in [-0.39, 0.29) is 25.7 Å². The van der Waals surface area contributed by atoms with E-state index in [1.54, 1.807) is 0 Å². The topological polar surface area (TPSA) is 237 Å². The zero-order valence-electron chi connectivity index (χ0n) is 55.9. The standard InChI is InChI=1S/C67H130O17P2/c1-9-60(8)46-38-30-25-26-32-40-48-65(70)78-54-63(84-67(72)50-42-34-24-18-21-29-37-45-59(6)7)56-82-86(75,76)80-52-61(68)51-79-85(73,74)81-55-62(83-66(71)49-41-33-23-17-13-11-15-20-28-36-44-58(4)5)53-77-64(69)47-39-31-22-16-12-10-14-19-27-35-43-57(2)3/h57-63,68H,9-56H2,1-8H3,(H,73,74)(H,75,76)/t60?,61-,62-,63-/m1/s1. The zero-order valence-corrected chi connectivity index (χ0v) is 57.7. The van der Waals surface area contributed by atoms with Crippen LogP contribution < -0.4 is 0 Å². The molecule has 0 aliphatic heterocycles. The third kappa shape index (κ3) is 59.7. The third-order valence-corrected chi connectivity index (χ3v) is 17.6. The van der Waals surface area contributed by atoms with E-state index in [9.17, 15) is 43.2 Å². The Balaban J connectivity index is 5.26. The Kier molecular flexibility index (Phi) is 55.7. The van der Waals surface area contributed by atoms with Crippen LogP contribution in [0.25, 0.3) is 0 Å². The molecule has 3 unspecified atom stereocenters. The highest BCUT2D eigenvalue weighted by molar-refractivity contribution is 7.47. The fraction of sp³-hybridized carbons (Fsp3) is 0.940. The van der Waals surface area contributed by atoms with Crippen molar-refractivity contribution in [2.45, 2.75) is 343 Å². The molecular formula is C67H130O17P2. The highest BCUT2D eigenvalue weighted by Crippen LogP contribution is 2.45. The van der Waals surface area contributed by atoms with Gasteiger partial charge in [0.1, 0.15) is 19.3 Å². The predicted octanol–water partition coefficient (Wildman–Crippen LogP) is 18.5. The molecule has 0 saturated carbocycles. The van der Waals surface area contributed by atoms with Crippen molar-refractivity contribution in [2.75, 3.05) is 39.6 Å². The van der Waals surface area contributed by atoms with Crippen LogP contribution >= 0.6 is 15.6 Å². The molecule has 0 aromatic rings. The molecule has 0 heterocycles. The van der Waals surface area contributed by atoms with Crippen molar-refractivity contribution in [3.63, 3.8) is 0 Å². The van der Waals surface area contributed by atoms with Crippen LogP contribution in [0.3, 0.4) is 0 Å². The number of hydrogen-bond acceptors (Lipinski definition) is 15.